The van der Waals surface area contributed by atoms with E-state index >= 15 is 0 Å². The second kappa shape index (κ2) is 10.3. The SMILES string of the molecule is O=C(O)[C@H]1O[C@@H](Oc2cc(Cl)c(Cl)cc2O[C@@H]2O[C@H](C(=O)O)[C@@H](O)[C@H](O)[C@H]2O)[C@H](O)[C@@H](O)[C@@H]1O. The van der Waals surface area contributed by atoms with Crippen LogP contribution in [-0.4, -0.2) is 114 Å². The third kappa shape index (κ3) is 5.16. The maximum absolute atomic E-state index is 11.3. The molecule has 8 N–H and O–H groups in total. The van der Waals surface area contributed by atoms with Gasteiger partial charge in [-0.15, -0.1) is 0 Å². The summed E-state index contributed by atoms with van der Waals surface area (Å²) in [7, 11) is 0. The first-order valence-electron chi connectivity index (χ1n) is 9.50. The first-order chi connectivity index (χ1) is 15.8. The number of aliphatic hydroxyl groups excluding tert-OH is 6. The minimum absolute atomic E-state index is 0.131. The molecule has 2 fully saturated rings. The molecule has 14 nitrogen and oxygen atoms in total. The van der Waals surface area contributed by atoms with Gasteiger partial charge in [0.2, 0.25) is 12.6 Å². The molecule has 2 saturated heterocycles. The molecule has 0 spiro atoms. The fourth-order valence-corrected chi connectivity index (χ4v) is 3.55. The number of ether oxygens (including phenoxy) is 4. The summed E-state index contributed by atoms with van der Waals surface area (Å²) in [4.78, 5) is 22.6. The molecule has 190 valence electrons. The molecule has 2 heterocycles. The van der Waals surface area contributed by atoms with Crippen LogP contribution in [0, 0.1) is 0 Å². The third-order valence-corrected chi connectivity index (χ3v) is 5.82. The van der Waals surface area contributed by atoms with E-state index in [2.05, 4.69) is 0 Å². The van der Waals surface area contributed by atoms with Crippen LogP contribution in [0.4, 0.5) is 0 Å². The van der Waals surface area contributed by atoms with Crippen LogP contribution < -0.4 is 9.47 Å². The number of carboxylic acids is 2. The predicted molar refractivity (Wildman–Crippen MR) is 106 cm³/mol. The fourth-order valence-electron chi connectivity index (χ4n) is 3.24. The summed E-state index contributed by atoms with van der Waals surface area (Å²) in [5.41, 5.74) is 0. The zero-order valence-corrected chi connectivity index (χ0v) is 18.2. The van der Waals surface area contributed by atoms with Crippen LogP contribution in [0.1, 0.15) is 0 Å². The van der Waals surface area contributed by atoms with Gasteiger partial charge < -0.3 is 59.8 Å². The van der Waals surface area contributed by atoms with Gasteiger partial charge in [-0.2, -0.15) is 0 Å². The molecule has 2 aliphatic heterocycles. The first kappa shape index (κ1) is 26.6. The van der Waals surface area contributed by atoms with E-state index in [0.29, 0.717) is 0 Å². The molecule has 2 aliphatic rings. The van der Waals surface area contributed by atoms with Gasteiger partial charge in [0.1, 0.15) is 36.6 Å². The van der Waals surface area contributed by atoms with Gasteiger partial charge in [-0.1, -0.05) is 23.2 Å². The molecule has 0 amide bonds. The Morgan fingerprint density at radius 2 is 0.971 bits per heavy atom. The first-order valence-corrected chi connectivity index (χ1v) is 10.3. The normalized spacial score (nSPS) is 38.2. The summed E-state index contributed by atoms with van der Waals surface area (Å²) in [5.74, 6) is -4.14. The van der Waals surface area contributed by atoms with E-state index in [-0.39, 0.29) is 10.0 Å². The van der Waals surface area contributed by atoms with Crippen molar-refractivity contribution in [2.45, 2.75) is 61.4 Å². The second-order valence-corrected chi connectivity index (χ2v) is 8.23. The average Bonchev–Trinajstić information content (AvgIpc) is 2.76. The number of benzene rings is 1. The van der Waals surface area contributed by atoms with Crippen LogP contribution in [0.15, 0.2) is 12.1 Å². The summed E-state index contributed by atoms with van der Waals surface area (Å²) in [6.45, 7) is 0. The Bertz CT molecular complexity index is 857. The Kier molecular flexibility index (Phi) is 8.09. The Labute approximate surface area is 200 Å². The van der Waals surface area contributed by atoms with E-state index in [0.717, 1.165) is 12.1 Å². The minimum atomic E-state index is -1.98. The zero-order valence-electron chi connectivity index (χ0n) is 16.7. The summed E-state index contributed by atoms with van der Waals surface area (Å²) in [6, 6.07) is 2.05. The number of halogens is 2. The van der Waals surface area contributed by atoms with Crippen LogP contribution in [-0.2, 0) is 19.1 Å². The number of aliphatic hydroxyl groups is 6. The molecule has 34 heavy (non-hydrogen) atoms. The van der Waals surface area contributed by atoms with E-state index < -0.39 is 84.8 Å². The molecule has 0 aliphatic carbocycles. The largest absolute Gasteiger partial charge is 0.479 e. The minimum Gasteiger partial charge on any atom is -0.479 e. The van der Waals surface area contributed by atoms with Crippen molar-refractivity contribution in [2.75, 3.05) is 0 Å². The predicted octanol–water partition coefficient (Wildman–Crippen LogP) is -2.46. The summed E-state index contributed by atoms with van der Waals surface area (Å²) in [5, 5.41) is 77.9. The molecule has 0 saturated carbocycles. The van der Waals surface area contributed by atoms with Crippen LogP contribution in [0.2, 0.25) is 10.0 Å². The van der Waals surface area contributed by atoms with E-state index in [9.17, 15) is 40.2 Å². The Balaban J connectivity index is 1.90. The third-order valence-electron chi connectivity index (χ3n) is 5.10. The van der Waals surface area contributed by atoms with Crippen LogP contribution in [0.3, 0.4) is 0 Å². The van der Waals surface area contributed by atoms with Gasteiger partial charge in [0.05, 0.1) is 10.0 Å². The lowest BCUT2D eigenvalue weighted by molar-refractivity contribution is -0.276. The average molecular weight is 531 g/mol. The standard InChI is InChI=1S/C18H20Cl2O14/c19-3-1-5(31-17-11(25)7(21)9(23)13(33-17)15(27)28)6(2-4(3)20)32-18-12(26)8(22)10(24)14(34-18)16(29)30/h1-2,7-14,17-18,21-26H,(H,27,28)(H,29,30)/t7-,8-,9-,10-,11+,12+,13-,14-,17+,18+/m0/s1. The maximum atomic E-state index is 11.3. The monoisotopic (exact) mass is 530 g/mol. The molecule has 1 aromatic rings. The van der Waals surface area contributed by atoms with Gasteiger partial charge in [0.15, 0.2) is 23.7 Å². The van der Waals surface area contributed by atoms with Crippen molar-refractivity contribution in [3.63, 3.8) is 0 Å². The number of carboxylic acid groups (broad SMARTS) is 2. The van der Waals surface area contributed by atoms with Crippen molar-refractivity contribution in [3.8, 4) is 11.5 Å². The molecule has 0 aromatic heterocycles. The summed E-state index contributed by atoms with van der Waals surface area (Å²) >= 11 is 11.9. The van der Waals surface area contributed by atoms with Crippen molar-refractivity contribution in [2.24, 2.45) is 0 Å². The van der Waals surface area contributed by atoms with E-state index in [1.807, 2.05) is 0 Å². The van der Waals surface area contributed by atoms with Gasteiger partial charge >= 0.3 is 11.9 Å². The smallest absolute Gasteiger partial charge is 0.335 e. The van der Waals surface area contributed by atoms with Crippen molar-refractivity contribution in [1.82, 2.24) is 0 Å². The molecular weight excluding hydrogens is 511 g/mol. The van der Waals surface area contributed by atoms with Crippen LogP contribution in [0.5, 0.6) is 11.5 Å². The Hall–Kier alpha value is -1.98. The van der Waals surface area contributed by atoms with Gasteiger partial charge in [-0.05, 0) is 0 Å². The van der Waals surface area contributed by atoms with Crippen molar-refractivity contribution < 1.29 is 69.4 Å². The topological polar surface area (TPSA) is 233 Å². The number of hydrogen-bond acceptors (Lipinski definition) is 12. The van der Waals surface area contributed by atoms with Crippen LogP contribution in [0.25, 0.3) is 0 Å². The molecule has 0 bridgehead atoms. The lowest BCUT2D eigenvalue weighted by Crippen LogP contribution is -2.61. The fraction of sp³-hybridized carbons (Fsp3) is 0.556. The van der Waals surface area contributed by atoms with Crippen molar-refractivity contribution >= 4 is 35.1 Å². The van der Waals surface area contributed by atoms with Gasteiger partial charge in [0, 0.05) is 12.1 Å². The van der Waals surface area contributed by atoms with Gasteiger partial charge in [0.25, 0.3) is 0 Å². The molecule has 0 radical (unpaired) electrons. The highest BCUT2D eigenvalue weighted by Gasteiger charge is 2.50. The number of rotatable bonds is 6. The highest BCUT2D eigenvalue weighted by molar-refractivity contribution is 6.42. The number of carbonyl (C=O) groups is 2. The second-order valence-electron chi connectivity index (χ2n) is 7.42. The lowest BCUT2D eigenvalue weighted by Gasteiger charge is -2.39. The number of hydrogen-bond donors (Lipinski definition) is 8. The highest BCUT2D eigenvalue weighted by atomic mass is 35.5. The van der Waals surface area contributed by atoms with Gasteiger partial charge in [-0.3, -0.25) is 0 Å². The Morgan fingerprint density at radius 3 is 1.26 bits per heavy atom. The molecule has 1 aromatic carbocycles. The molecular formula is C18H20Cl2O14. The quantitative estimate of drug-likeness (QED) is 0.190. The van der Waals surface area contributed by atoms with E-state index in [1.165, 1.54) is 0 Å². The van der Waals surface area contributed by atoms with Crippen LogP contribution >= 0.6 is 23.2 Å². The molecule has 3 rings (SSSR count). The molecule has 16 heteroatoms. The van der Waals surface area contributed by atoms with E-state index in [1.54, 1.807) is 0 Å². The zero-order chi connectivity index (χ0) is 25.5. The Morgan fingerprint density at radius 1 is 0.647 bits per heavy atom. The highest BCUT2D eigenvalue weighted by Crippen LogP contribution is 2.39. The van der Waals surface area contributed by atoms with Gasteiger partial charge in [-0.25, -0.2) is 9.59 Å². The number of aliphatic carboxylic acids is 2. The van der Waals surface area contributed by atoms with Crippen molar-refractivity contribution in [1.29, 1.82) is 0 Å². The lowest BCUT2D eigenvalue weighted by atomic mass is 9.99. The molecule has 10 atom stereocenters. The maximum Gasteiger partial charge on any atom is 0.335 e. The van der Waals surface area contributed by atoms with E-state index in [4.69, 9.17) is 52.4 Å². The molecule has 0 unspecified atom stereocenters. The van der Waals surface area contributed by atoms with Crippen molar-refractivity contribution in [3.05, 3.63) is 22.2 Å². The summed E-state index contributed by atoms with van der Waals surface area (Å²) < 4.78 is 20.8. The summed E-state index contributed by atoms with van der Waals surface area (Å²) in [6.07, 6.45) is -19.5.